The van der Waals surface area contributed by atoms with E-state index in [1.54, 1.807) is 0 Å². The highest BCUT2D eigenvalue weighted by Gasteiger charge is 2.50. The van der Waals surface area contributed by atoms with Crippen molar-refractivity contribution < 1.29 is 14.7 Å². The number of amides is 1. The van der Waals surface area contributed by atoms with Crippen molar-refractivity contribution in [3.63, 3.8) is 0 Å². The Kier molecular flexibility index (Phi) is 2.01. The number of hydrogen-bond donors (Lipinski definition) is 2. The molecular formula is C8H9ClN2O3. The Labute approximate surface area is 85.1 Å². The van der Waals surface area contributed by atoms with E-state index in [1.165, 1.54) is 4.90 Å². The lowest BCUT2D eigenvalue weighted by molar-refractivity contribution is -0.152. The second-order valence-corrected chi connectivity index (χ2v) is 3.85. The fourth-order valence-electron chi connectivity index (χ4n) is 1.89. The molecule has 0 aromatic carbocycles. The Morgan fingerprint density at radius 2 is 2.29 bits per heavy atom. The summed E-state index contributed by atoms with van der Waals surface area (Å²) in [6.45, 7) is 0. The molecule has 0 aromatic rings. The highest BCUT2D eigenvalue weighted by molar-refractivity contribution is 6.32. The number of carboxylic acids is 1. The molecule has 2 atom stereocenters. The third-order valence-electron chi connectivity index (χ3n) is 2.63. The summed E-state index contributed by atoms with van der Waals surface area (Å²) in [5.74, 6) is -1.52. The van der Waals surface area contributed by atoms with Crippen LogP contribution in [0.15, 0.2) is 10.7 Å². The molecule has 2 rings (SSSR count). The number of carbonyl (C=O) groups excluding carboxylic acids is 1. The van der Waals surface area contributed by atoms with Crippen molar-refractivity contribution in [2.24, 2.45) is 5.73 Å². The van der Waals surface area contributed by atoms with Gasteiger partial charge < -0.3 is 10.8 Å². The van der Waals surface area contributed by atoms with Crippen molar-refractivity contribution in [1.29, 1.82) is 0 Å². The van der Waals surface area contributed by atoms with E-state index >= 15 is 0 Å². The standard InChI is InChI=1S/C8H9ClN2O3/c9-3-1-2-4-5(10)7(12)11(4)6(3)8(13)14/h4-5H,1-2,10H2,(H,13,14)/t4?,5-/m0/s1. The van der Waals surface area contributed by atoms with Gasteiger partial charge in [0, 0.05) is 5.03 Å². The molecule has 0 saturated carbocycles. The average molecular weight is 217 g/mol. The van der Waals surface area contributed by atoms with Crippen molar-refractivity contribution >= 4 is 23.5 Å². The van der Waals surface area contributed by atoms with E-state index in [0.717, 1.165) is 0 Å². The first kappa shape index (κ1) is 9.48. The van der Waals surface area contributed by atoms with Gasteiger partial charge in [-0.25, -0.2) is 4.79 Å². The number of nitrogens with zero attached hydrogens (tertiary/aromatic N) is 1. The number of β-lactam (4-membered cyclic amide) rings is 1. The number of allylic oxidation sites excluding steroid dienone is 1. The van der Waals surface area contributed by atoms with Gasteiger partial charge >= 0.3 is 5.97 Å². The number of fused-ring (bicyclic) bond motifs is 1. The van der Waals surface area contributed by atoms with Crippen LogP contribution in [0.4, 0.5) is 0 Å². The monoisotopic (exact) mass is 216 g/mol. The Bertz CT molecular complexity index is 352. The summed E-state index contributed by atoms with van der Waals surface area (Å²) in [7, 11) is 0. The van der Waals surface area contributed by atoms with Crippen molar-refractivity contribution in [3.8, 4) is 0 Å². The third kappa shape index (κ3) is 1.06. The summed E-state index contributed by atoms with van der Waals surface area (Å²) in [6.07, 6.45) is 1.12. The lowest BCUT2D eigenvalue weighted by Gasteiger charge is -2.47. The van der Waals surface area contributed by atoms with E-state index in [4.69, 9.17) is 22.4 Å². The zero-order valence-corrected chi connectivity index (χ0v) is 7.99. The Morgan fingerprint density at radius 1 is 1.64 bits per heavy atom. The van der Waals surface area contributed by atoms with Gasteiger partial charge in [-0.15, -0.1) is 0 Å². The molecule has 0 spiro atoms. The van der Waals surface area contributed by atoms with Crippen molar-refractivity contribution in [2.75, 3.05) is 0 Å². The largest absolute Gasteiger partial charge is 0.477 e. The molecule has 1 amide bonds. The summed E-state index contributed by atoms with van der Waals surface area (Å²) in [6, 6.07) is -0.745. The van der Waals surface area contributed by atoms with Crippen molar-refractivity contribution in [1.82, 2.24) is 4.90 Å². The summed E-state index contributed by atoms with van der Waals surface area (Å²) in [5.41, 5.74) is 5.43. The molecule has 0 bridgehead atoms. The molecule has 2 aliphatic rings. The summed E-state index contributed by atoms with van der Waals surface area (Å²) >= 11 is 5.75. The summed E-state index contributed by atoms with van der Waals surface area (Å²) < 4.78 is 0. The number of hydrogen-bond acceptors (Lipinski definition) is 3. The normalized spacial score (nSPS) is 31.3. The van der Waals surface area contributed by atoms with Crippen LogP contribution in [-0.2, 0) is 9.59 Å². The predicted octanol–water partition coefficient (Wildman–Crippen LogP) is -0.147. The van der Waals surface area contributed by atoms with Gasteiger partial charge in [0.15, 0.2) is 0 Å². The summed E-state index contributed by atoms with van der Waals surface area (Å²) in [4.78, 5) is 23.3. The number of halogens is 1. The van der Waals surface area contributed by atoms with E-state index in [2.05, 4.69) is 0 Å². The van der Waals surface area contributed by atoms with Crippen LogP contribution < -0.4 is 5.73 Å². The molecule has 2 aliphatic heterocycles. The molecule has 2 heterocycles. The average Bonchev–Trinajstić information content (AvgIpc) is 2.15. The van der Waals surface area contributed by atoms with Crippen LogP contribution in [0.25, 0.3) is 0 Å². The quantitative estimate of drug-likeness (QED) is 0.598. The fraction of sp³-hybridized carbons (Fsp3) is 0.500. The van der Waals surface area contributed by atoms with Gasteiger partial charge in [0.1, 0.15) is 11.7 Å². The number of aliphatic carboxylic acids is 1. The van der Waals surface area contributed by atoms with Gasteiger partial charge in [0.2, 0.25) is 5.91 Å². The first-order chi connectivity index (χ1) is 6.54. The third-order valence-corrected chi connectivity index (χ3v) is 3.00. The first-order valence-electron chi connectivity index (χ1n) is 4.24. The van der Waals surface area contributed by atoms with E-state index in [0.29, 0.717) is 12.8 Å². The second kappa shape index (κ2) is 2.96. The van der Waals surface area contributed by atoms with E-state index in [-0.39, 0.29) is 22.7 Å². The van der Waals surface area contributed by atoms with Crippen molar-refractivity contribution in [3.05, 3.63) is 10.7 Å². The molecule has 5 nitrogen and oxygen atoms in total. The number of rotatable bonds is 1. The molecule has 0 aromatic heterocycles. The van der Waals surface area contributed by atoms with Crippen LogP contribution in [0.5, 0.6) is 0 Å². The molecular weight excluding hydrogens is 208 g/mol. The Hall–Kier alpha value is -1.07. The Morgan fingerprint density at radius 3 is 2.86 bits per heavy atom. The second-order valence-electron chi connectivity index (χ2n) is 3.40. The van der Waals surface area contributed by atoms with E-state index in [9.17, 15) is 9.59 Å². The number of nitrogens with two attached hydrogens (primary N) is 1. The molecule has 1 unspecified atom stereocenters. The minimum Gasteiger partial charge on any atom is -0.477 e. The number of carbonyl (C=O) groups is 2. The van der Waals surface area contributed by atoms with Crippen LogP contribution in [0.3, 0.4) is 0 Å². The van der Waals surface area contributed by atoms with Gasteiger partial charge in [-0.2, -0.15) is 0 Å². The van der Waals surface area contributed by atoms with Gasteiger partial charge in [-0.3, -0.25) is 9.69 Å². The predicted molar refractivity (Wildman–Crippen MR) is 48.4 cm³/mol. The maximum absolute atomic E-state index is 11.3. The summed E-state index contributed by atoms with van der Waals surface area (Å²) in [5, 5.41) is 9.09. The van der Waals surface area contributed by atoms with Gasteiger partial charge in [-0.05, 0) is 12.8 Å². The smallest absolute Gasteiger partial charge is 0.353 e. The van der Waals surface area contributed by atoms with Crippen LogP contribution in [-0.4, -0.2) is 34.0 Å². The van der Waals surface area contributed by atoms with Gasteiger partial charge in [0.05, 0.1) is 6.04 Å². The molecule has 14 heavy (non-hydrogen) atoms. The SMILES string of the molecule is N[C@@H]1C(=O)N2C(C(=O)O)=C(Cl)CCC12. The van der Waals surface area contributed by atoms with Gasteiger partial charge in [0.25, 0.3) is 0 Å². The Balaban J connectivity index is 2.37. The van der Waals surface area contributed by atoms with Crippen LogP contribution in [0.1, 0.15) is 12.8 Å². The lowest BCUT2D eigenvalue weighted by Crippen LogP contribution is -2.69. The molecule has 3 N–H and O–H groups in total. The maximum Gasteiger partial charge on any atom is 0.353 e. The van der Waals surface area contributed by atoms with Crippen molar-refractivity contribution in [2.45, 2.75) is 24.9 Å². The molecule has 76 valence electrons. The van der Waals surface area contributed by atoms with Crippen LogP contribution in [0, 0.1) is 0 Å². The molecule has 1 saturated heterocycles. The minimum absolute atomic E-state index is 0.102. The van der Waals surface area contributed by atoms with E-state index in [1.807, 2.05) is 0 Å². The zero-order valence-electron chi connectivity index (χ0n) is 7.24. The fourth-order valence-corrected chi connectivity index (χ4v) is 2.18. The number of carboxylic acid groups (broad SMARTS) is 1. The molecule has 6 heteroatoms. The maximum atomic E-state index is 11.3. The van der Waals surface area contributed by atoms with Crippen LogP contribution >= 0.6 is 11.6 Å². The first-order valence-corrected chi connectivity index (χ1v) is 4.62. The zero-order chi connectivity index (χ0) is 10.5. The molecule has 1 fully saturated rings. The highest BCUT2D eigenvalue weighted by atomic mass is 35.5. The lowest BCUT2D eigenvalue weighted by atomic mass is 9.87. The minimum atomic E-state index is -1.17. The highest BCUT2D eigenvalue weighted by Crippen LogP contribution is 2.36. The van der Waals surface area contributed by atoms with Crippen LogP contribution in [0.2, 0.25) is 0 Å². The van der Waals surface area contributed by atoms with Gasteiger partial charge in [-0.1, -0.05) is 11.6 Å². The van der Waals surface area contributed by atoms with E-state index < -0.39 is 12.0 Å². The molecule has 0 aliphatic carbocycles. The molecule has 0 radical (unpaired) electrons. The topological polar surface area (TPSA) is 83.6 Å².